The van der Waals surface area contributed by atoms with E-state index < -0.39 is 17.4 Å². The lowest BCUT2D eigenvalue weighted by molar-refractivity contribution is -0.140. The van der Waals surface area contributed by atoms with Gasteiger partial charge in [0.1, 0.15) is 0 Å². The van der Waals surface area contributed by atoms with Crippen LogP contribution in [-0.4, -0.2) is 34.5 Å². The summed E-state index contributed by atoms with van der Waals surface area (Å²) in [6, 6.07) is 10.1. The molecule has 1 aromatic carbocycles. The third-order valence-electron chi connectivity index (χ3n) is 4.58. The van der Waals surface area contributed by atoms with E-state index >= 15 is 0 Å². The molecule has 0 saturated carbocycles. The summed E-state index contributed by atoms with van der Waals surface area (Å²) >= 11 is 0. The molecule has 20 heavy (non-hydrogen) atoms. The number of amides is 1. The molecule has 1 aliphatic heterocycles. The monoisotopic (exact) mass is 277 g/mol. The number of cyclic esters (lactones) is 1. The van der Waals surface area contributed by atoms with Crippen LogP contribution in [0.15, 0.2) is 30.3 Å². The fourth-order valence-corrected chi connectivity index (χ4v) is 2.93. The second-order valence-corrected chi connectivity index (χ2v) is 6.61. The van der Waals surface area contributed by atoms with Crippen molar-refractivity contribution in [3.63, 3.8) is 0 Å². The molecule has 1 aliphatic rings. The number of carbonyl (C=O) groups excluding carboxylic acids is 1. The Labute approximate surface area is 120 Å². The molecule has 1 N–H and O–H groups in total. The molecule has 0 aromatic heterocycles. The molecule has 0 spiro atoms. The largest absolute Gasteiger partial charge is 0.438 e. The first-order chi connectivity index (χ1) is 9.10. The molecule has 4 heteroatoms. The summed E-state index contributed by atoms with van der Waals surface area (Å²) in [5.41, 5.74) is -1.33. The minimum absolute atomic E-state index is 0.217. The summed E-state index contributed by atoms with van der Waals surface area (Å²) in [7, 11) is 1.56. The number of hydrogen-bond acceptors (Lipinski definition) is 3. The van der Waals surface area contributed by atoms with E-state index in [4.69, 9.17) is 4.74 Å². The topological polar surface area (TPSA) is 49.8 Å². The maximum absolute atomic E-state index is 11.8. The zero-order chi connectivity index (χ0) is 15.2. The van der Waals surface area contributed by atoms with Crippen molar-refractivity contribution in [2.75, 3.05) is 7.05 Å². The van der Waals surface area contributed by atoms with E-state index in [0.29, 0.717) is 6.42 Å². The van der Waals surface area contributed by atoms with Crippen LogP contribution in [0.3, 0.4) is 0 Å². The number of aliphatic hydroxyl groups is 1. The Morgan fingerprint density at radius 2 is 1.80 bits per heavy atom. The summed E-state index contributed by atoms with van der Waals surface area (Å²) in [5.74, 6) is 0. The van der Waals surface area contributed by atoms with E-state index in [0.717, 1.165) is 5.56 Å². The van der Waals surface area contributed by atoms with Crippen molar-refractivity contribution in [2.45, 2.75) is 50.9 Å². The molecule has 0 bridgehead atoms. The van der Waals surface area contributed by atoms with Crippen LogP contribution in [0.4, 0.5) is 4.79 Å². The molecule has 4 nitrogen and oxygen atoms in total. The average Bonchev–Trinajstić information content (AvgIpc) is 2.50. The molecule has 2 rings (SSSR count). The Kier molecular flexibility index (Phi) is 3.33. The molecular weight excluding hydrogens is 254 g/mol. The molecule has 0 radical (unpaired) electrons. The van der Waals surface area contributed by atoms with Gasteiger partial charge < -0.3 is 9.84 Å². The van der Waals surface area contributed by atoms with Gasteiger partial charge in [0.05, 0.1) is 0 Å². The van der Waals surface area contributed by atoms with Gasteiger partial charge >= 0.3 is 6.09 Å². The number of likely N-dealkylation sites (N-methyl/N-ethyl adjacent to an activating group) is 1. The standard InChI is InChI=1S/C16H23NO3/c1-14(2,12-9-7-6-8-10-12)11-15(3)16(4,19)17(5)13(18)20-15/h6-10,19H,11H2,1-5H3/t15-,16-/m0/s1. The molecule has 0 unspecified atom stereocenters. The van der Waals surface area contributed by atoms with Crippen molar-refractivity contribution in [1.82, 2.24) is 4.90 Å². The van der Waals surface area contributed by atoms with E-state index in [1.807, 2.05) is 18.2 Å². The summed E-state index contributed by atoms with van der Waals surface area (Å²) in [6.45, 7) is 7.60. The van der Waals surface area contributed by atoms with E-state index in [9.17, 15) is 9.90 Å². The minimum atomic E-state index is -1.32. The van der Waals surface area contributed by atoms with E-state index in [1.54, 1.807) is 20.9 Å². The van der Waals surface area contributed by atoms with Gasteiger partial charge in [0.25, 0.3) is 0 Å². The Hall–Kier alpha value is -1.55. The van der Waals surface area contributed by atoms with E-state index in [2.05, 4.69) is 26.0 Å². The van der Waals surface area contributed by atoms with Crippen molar-refractivity contribution >= 4 is 6.09 Å². The number of rotatable bonds is 3. The maximum atomic E-state index is 11.8. The van der Waals surface area contributed by atoms with Gasteiger partial charge in [0.15, 0.2) is 11.3 Å². The highest BCUT2D eigenvalue weighted by atomic mass is 16.6. The lowest BCUT2D eigenvalue weighted by Crippen LogP contribution is -2.55. The minimum Gasteiger partial charge on any atom is -0.438 e. The van der Waals surface area contributed by atoms with Crippen LogP contribution in [0.1, 0.15) is 39.7 Å². The molecule has 1 aromatic rings. The van der Waals surface area contributed by atoms with Crippen molar-refractivity contribution in [3.8, 4) is 0 Å². The van der Waals surface area contributed by atoms with Gasteiger partial charge in [-0.25, -0.2) is 4.79 Å². The fourth-order valence-electron chi connectivity index (χ4n) is 2.93. The molecule has 1 amide bonds. The first-order valence-corrected chi connectivity index (χ1v) is 6.85. The van der Waals surface area contributed by atoms with Gasteiger partial charge in [-0.05, 0) is 24.8 Å². The predicted octanol–water partition coefficient (Wildman–Crippen LogP) is 2.90. The zero-order valence-electron chi connectivity index (χ0n) is 12.8. The van der Waals surface area contributed by atoms with Gasteiger partial charge in [-0.2, -0.15) is 0 Å². The van der Waals surface area contributed by atoms with Crippen molar-refractivity contribution in [1.29, 1.82) is 0 Å². The normalized spacial score (nSPS) is 30.5. The smallest absolute Gasteiger partial charge is 0.412 e. The molecule has 110 valence electrons. The highest BCUT2D eigenvalue weighted by molar-refractivity contribution is 5.71. The quantitative estimate of drug-likeness (QED) is 0.924. The van der Waals surface area contributed by atoms with Crippen LogP contribution in [-0.2, 0) is 10.2 Å². The third kappa shape index (κ3) is 2.18. The van der Waals surface area contributed by atoms with Gasteiger partial charge in [-0.1, -0.05) is 44.2 Å². The van der Waals surface area contributed by atoms with Crippen LogP contribution in [0.5, 0.6) is 0 Å². The second-order valence-electron chi connectivity index (χ2n) is 6.61. The highest BCUT2D eigenvalue weighted by Gasteiger charge is 2.59. The van der Waals surface area contributed by atoms with Gasteiger partial charge in [-0.15, -0.1) is 0 Å². The van der Waals surface area contributed by atoms with Crippen LogP contribution in [0.25, 0.3) is 0 Å². The third-order valence-corrected chi connectivity index (χ3v) is 4.58. The SMILES string of the molecule is CN1C(=O)O[C@@](C)(CC(C)(C)c2ccccc2)[C@]1(C)O. The second kappa shape index (κ2) is 4.48. The predicted molar refractivity (Wildman–Crippen MR) is 77.4 cm³/mol. The van der Waals surface area contributed by atoms with E-state index in [1.165, 1.54) is 4.90 Å². The molecule has 0 aliphatic carbocycles. The van der Waals surface area contributed by atoms with E-state index in [-0.39, 0.29) is 5.41 Å². The number of ether oxygens (including phenoxy) is 1. The van der Waals surface area contributed by atoms with Crippen molar-refractivity contribution in [3.05, 3.63) is 35.9 Å². The van der Waals surface area contributed by atoms with Crippen molar-refractivity contribution < 1.29 is 14.6 Å². The number of benzene rings is 1. The molecule has 2 atom stereocenters. The van der Waals surface area contributed by atoms with Gasteiger partial charge in [0.2, 0.25) is 0 Å². The summed E-state index contributed by atoms with van der Waals surface area (Å²) in [5, 5.41) is 10.6. The lowest BCUT2D eigenvalue weighted by atomic mass is 9.73. The van der Waals surface area contributed by atoms with Crippen LogP contribution < -0.4 is 0 Å². The molecular formula is C16H23NO3. The molecule has 1 heterocycles. The zero-order valence-corrected chi connectivity index (χ0v) is 12.8. The first kappa shape index (κ1) is 14.9. The Morgan fingerprint density at radius 1 is 1.25 bits per heavy atom. The number of carbonyl (C=O) groups is 1. The first-order valence-electron chi connectivity index (χ1n) is 6.85. The van der Waals surface area contributed by atoms with Crippen LogP contribution in [0.2, 0.25) is 0 Å². The Balaban J connectivity index is 2.31. The van der Waals surface area contributed by atoms with Crippen molar-refractivity contribution in [2.24, 2.45) is 0 Å². The summed E-state index contributed by atoms with van der Waals surface area (Å²) in [6.07, 6.45) is 0.0500. The average molecular weight is 277 g/mol. The Bertz CT molecular complexity index is 510. The lowest BCUT2D eigenvalue weighted by Gasteiger charge is -2.41. The maximum Gasteiger partial charge on any atom is 0.412 e. The summed E-state index contributed by atoms with van der Waals surface area (Å²) < 4.78 is 5.47. The van der Waals surface area contributed by atoms with Gasteiger partial charge in [-0.3, -0.25) is 4.90 Å². The Morgan fingerprint density at radius 3 is 2.25 bits per heavy atom. The highest BCUT2D eigenvalue weighted by Crippen LogP contribution is 2.44. The van der Waals surface area contributed by atoms with Crippen LogP contribution in [0, 0.1) is 0 Å². The molecule has 1 saturated heterocycles. The number of hydrogen-bond donors (Lipinski definition) is 1. The van der Waals surface area contributed by atoms with Gasteiger partial charge in [0, 0.05) is 13.5 Å². The number of nitrogens with zero attached hydrogens (tertiary/aromatic N) is 1. The van der Waals surface area contributed by atoms with Crippen LogP contribution >= 0.6 is 0 Å². The fraction of sp³-hybridized carbons (Fsp3) is 0.562. The molecule has 1 fully saturated rings. The summed E-state index contributed by atoms with van der Waals surface area (Å²) in [4.78, 5) is 13.0.